The lowest BCUT2D eigenvalue weighted by Crippen LogP contribution is -2.38. The molecular weight excluding hydrogens is 360 g/mol. The number of hydrogen-bond donors (Lipinski definition) is 3. The molecule has 1 saturated heterocycles. The summed E-state index contributed by atoms with van der Waals surface area (Å²) in [5.74, 6) is -0.382. The minimum Gasteiger partial charge on any atom is -0.481 e. The monoisotopic (exact) mass is 386 g/mol. The van der Waals surface area contributed by atoms with Crippen LogP contribution in [0, 0.1) is 5.92 Å². The molecule has 0 bridgehead atoms. The summed E-state index contributed by atoms with van der Waals surface area (Å²) in [6.45, 7) is 1.34. The number of amides is 1. The molecule has 3 N–H and O–H groups in total. The minimum atomic E-state index is -0.744. The topological polar surface area (TPSA) is 108 Å². The van der Waals surface area contributed by atoms with Crippen LogP contribution in [0.1, 0.15) is 42.5 Å². The molecule has 0 radical (unpaired) electrons. The maximum atomic E-state index is 12.7. The first-order valence-electron chi connectivity index (χ1n) is 9.85. The quantitative estimate of drug-likeness (QED) is 0.735. The van der Waals surface area contributed by atoms with Gasteiger partial charge in [0.1, 0.15) is 0 Å². The van der Waals surface area contributed by atoms with Gasteiger partial charge in [-0.05, 0) is 50.3 Å². The fraction of sp³-hybridized carbons (Fsp3) is 0.550. The van der Waals surface area contributed by atoms with Crippen LogP contribution in [0.2, 0.25) is 0 Å². The van der Waals surface area contributed by atoms with Crippen molar-refractivity contribution in [2.45, 2.75) is 44.2 Å². The average Bonchev–Trinajstić information content (AvgIpc) is 3.25. The van der Waals surface area contributed by atoms with E-state index in [9.17, 15) is 14.7 Å². The highest BCUT2D eigenvalue weighted by atomic mass is 16.4. The number of hydrogen-bond acceptors (Lipinski definition) is 5. The number of aromatic nitrogens is 2. The molecule has 28 heavy (non-hydrogen) atoms. The second kappa shape index (κ2) is 7.43. The van der Waals surface area contributed by atoms with Crippen LogP contribution in [0.4, 0.5) is 5.95 Å². The molecule has 2 fully saturated rings. The molecule has 0 unspecified atom stereocenters. The summed E-state index contributed by atoms with van der Waals surface area (Å²) >= 11 is 0. The second-order valence-corrected chi connectivity index (χ2v) is 7.92. The van der Waals surface area contributed by atoms with Crippen molar-refractivity contribution in [1.82, 2.24) is 14.9 Å². The van der Waals surface area contributed by atoms with Crippen LogP contribution in [0.15, 0.2) is 18.2 Å². The molecule has 2 aliphatic rings. The Morgan fingerprint density at radius 2 is 1.93 bits per heavy atom. The Morgan fingerprint density at radius 3 is 2.57 bits per heavy atom. The smallest absolute Gasteiger partial charge is 0.306 e. The molecule has 150 valence electrons. The van der Waals surface area contributed by atoms with E-state index in [0.717, 1.165) is 29.9 Å². The van der Waals surface area contributed by atoms with Gasteiger partial charge in [-0.2, -0.15) is 0 Å². The van der Waals surface area contributed by atoms with E-state index in [1.165, 1.54) is 0 Å². The number of imidazole rings is 1. The van der Waals surface area contributed by atoms with E-state index < -0.39 is 5.97 Å². The van der Waals surface area contributed by atoms with Crippen LogP contribution >= 0.6 is 0 Å². The maximum Gasteiger partial charge on any atom is 0.306 e. The van der Waals surface area contributed by atoms with Crippen molar-refractivity contribution in [1.29, 1.82) is 0 Å². The molecule has 1 aromatic carbocycles. The Kier molecular flexibility index (Phi) is 4.97. The largest absolute Gasteiger partial charge is 0.481 e. The van der Waals surface area contributed by atoms with E-state index in [1.54, 1.807) is 12.1 Å². The van der Waals surface area contributed by atoms with E-state index in [1.807, 2.05) is 17.7 Å². The Balaban J connectivity index is 1.47. The van der Waals surface area contributed by atoms with Gasteiger partial charge in [-0.15, -0.1) is 0 Å². The molecule has 1 aliphatic carbocycles. The van der Waals surface area contributed by atoms with E-state index in [-0.39, 0.29) is 24.0 Å². The summed E-state index contributed by atoms with van der Waals surface area (Å²) in [6.07, 6.45) is 3.00. The number of benzene rings is 1. The lowest BCUT2D eigenvalue weighted by molar-refractivity contribution is -0.142. The van der Waals surface area contributed by atoms with Crippen molar-refractivity contribution in [2.75, 3.05) is 18.0 Å². The predicted octanol–water partition coefficient (Wildman–Crippen LogP) is 1.52. The highest BCUT2D eigenvalue weighted by molar-refractivity contribution is 5.98. The third-order valence-electron chi connectivity index (χ3n) is 5.98. The van der Waals surface area contributed by atoms with Gasteiger partial charge >= 0.3 is 5.97 Å². The first-order chi connectivity index (χ1) is 13.4. The van der Waals surface area contributed by atoms with E-state index in [4.69, 9.17) is 5.11 Å². The average molecular weight is 386 g/mol. The van der Waals surface area contributed by atoms with Crippen molar-refractivity contribution < 1.29 is 19.8 Å². The Hall–Kier alpha value is -2.61. The molecule has 2 heterocycles. The third-order valence-corrected chi connectivity index (χ3v) is 5.98. The molecule has 2 aromatic rings. The normalized spacial score (nSPS) is 25.2. The number of aliphatic hydroxyl groups excluding tert-OH is 1. The standard InChI is InChI=1S/C20H26N4O4/c1-23-17-7-4-13(10-16(17)22-20(23)24-9-8-15(25)11-24)18(26)21-14-5-2-12(3-6-14)19(27)28/h4,7,10,12,14-15,25H,2-3,5-6,8-9,11H2,1H3,(H,21,26)(H,27,28)/t12?,14?,15-/m0/s1. The van der Waals surface area contributed by atoms with Gasteiger partial charge < -0.3 is 25.0 Å². The predicted molar refractivity (Wildman–Crippen MR) is 104 cm³/mol. The number of carboxylic acid groups (broad SMARTS) is 1. The van der Waals surface area contributed by atoms with Crippen molar-refractivity contribution in [3.05, 3.63) is 23.8 Å². The summed E-state index contributed by atoms with van der Waals surface area (Å²) in [6, 6.07) is 5.51. The minimum absolute atomic E-state index is 0.0178. The lowest BCUT2D eigenvalue weighted by atomic mass is 9.86. The van der Waals surface area contributed by atoms with Crippen molar-refractivity contribution in [2.24, 2.45) is 13.0 Å². The highest BCUT2D eigenvalue weighted by Gasteiger charge is 2.27. The van der Waals surface area contributed by atoms with Gasteiger partial charge in [-0.25, -0.2) is 4.98 Å². The van der Waals surface area contributed by atoms with E-state index in [2.05, 4.69) is 15.2 Å². The van der Waals surface area contributed by atoms with Crippen LogP contribution < -0.4 is 10.2 Å². The van der Waals surface area contributed by atoms with Crippen LogP contribution in [-0.2, 0) is 11.8 Å². The molecule has 1 saturated carbocycles. The van der Waals surface area contributed by atoms with Crippen molar-refractivity contribution in [3.8, 4) is 0 Å². The first-order valence-corrected chi connectivity index (χ1v) is 9.85. The number of aliphatic hydroxyl groups is 1. The Morgan fingerprint density at radius 1 is 1.18 bits per heavy atom. The first kappa shape index (κ1) is 18.7. The van der Waals surface area contributed by atoms with Crippen LogP contribution in [0.3, 0.4) is 0 Å². The maximum absolute atomic E-state index is 12.7. The molecule has 1 aromatic heterocycles. The number of carbonyl (C=O) groups excluding carboxylic acids is 1. The van der Waals surface area contributed by atoms with E-state index >= 15 is 0 Å². The Labute approximate surface area is 163 Å². The number of anilines is 1. The zero-order chi connectivity index (χ0) is 19.8. The van der Waals surface area contributed by atoms with Gasteiger partial charge in [0.15, 0.2) is 0 Å². The molecule has 0 spiro atoms. The fourth-order valence-electron chi connectivity index (χ4n) is 4.29. The third kappa shape index (κ3) is 3.56. The summed E-state index contributed by atoms with van der Waals surface area (Å²) in [4.78, 5) is 30.5. The van der Waals surface area contributed by atoms with Gasteiger partial charge in [0, 0.05) is 31.7 Å². The summed E-state index contributed by atoms with van der Waals surface area (Å²) < 4.78 is 1.99. The van der Waals surface area contributed by atoms with Crippen LogP contribution in [0.25, 0.3) is 11.0 Å². The number of nitrogens with zero attached hydrogens (tertiary/aromatic N) is 3. The molecule has 1 aliphatic heterocycles. The van der Waals surface area contributed by atoms with Crippen LogP contribution in [-0.4, -0.2) is 56.9 Å². The molecule has 8 nitrogen and oxygen atoms in total. The number of aryl methyl sites for hydroxylation is 1. The van der Waals surface area contributed by atoms with Gasteiger partial charge in [0.2, 0.25) is 5.95 Å². The molecule has 8 heteroatoms. The number of fused-ring (bicyclic) bond motifs is 1. The number of aliphatic carboxylic acids is 1. The Bertz CT molecular complexity index is 901. The number of carboxylic acids is 1. The summed E-state index contributed by atoms with van der Waals surface area (Å²) in [5, 5.41) is 21.9. The number of β-amino-alcohol motifs (C(OH)–C–C–N with tert-alkyl or cyclic N) is 1. The SMILES string of the molecule is Cn1c(N2CC[C@H](O)C2)nc2cc(C(=O)NC3CCC(C(=O)O)CC3)ccc21. The molecule has 1 amide bonds. The number of rotatable bonds is 4. The number of carbonyl (C=O) groups is 2. The lowest BCUT2D eigenvalue weighted by Gasteiger charge is -2.26. The zero-order valence-electron chi connectivity index (χ0n) is 16.0. The molecular formula is C20H26N4O4. The van der Waals surface area contributed by atoms with Gasteiger partial charge in [0.25, 0.3) is 5.91 Å². The zero-order valence-corrected chi connectivity index (χ0v) is 16.0. The van der Waals surface area contributed by atoms with E-state index in [0.29, 0.717) is 37.8 Å². The second-order valence-electron chi connectivity index (χ2n) is 7.92. The highest BCUT2D eigenvalue weighted by Crippen LogP contribution is 2.27. The van der Waals surface area contributed by atoms with Crippen molar-refractivity contribution in [3.63, 3.8) is 0 Å². The van der Waals surface area contributed by atoms with Gasteiger partial charge in [-0.3, -0.25) is 9.59 Å². The van der Waals surface area contributed by atoms with Gasteiger partial charge in [-0.1, -0.05) is 0 Å². The summed E-state index contributed by atoms with van der Waals surface area (Å²) in [7, 11) is 1.94. The van der Waals surface area contributed by atoms with Gasteiger partial charge in [0.05, 0.1) is 23.1 Å². The molecule has 4 rings (SSSR count). The summed E-state index contributed by atoms with van der Waals surface area (Å²) in [5.41, 5.74) is 2.25. The number of nitrogens with one attached hydrogen (secondary N) is 1. The molecule has 1 atom stereocenters. The van der Waals surface area contributed by atoms with Crippen molar-refractivity contribution >= 4 is 28.9 Å². The fourth-order valence-corrected chi connectivity index (χ4v) is 4.29. The van der Waals surface area contributed by atoms with Crippen LogP contribution in [0.5, 0.6) is 0 Å².